The van der Waals surface area contributed by atoms with Gasteiger partial charge >= 0.3 is 0 Å². The average molecular weight is 297 g/mol. The van der Waals surface area contributed by atoms with Gasteiger partial charge in [-0.2, -0.15) is 9.97 Å². The molecule has 0 saturated carbocycles. The van der Waals surface area contributed by atoms with Crippen molar-refractivity contribution < 1.29 is 4.74 Å². The van der Waals surface area contributed by atoms with E-state index in [1.807, 2.05) is 0 Å². The van der Waals surface area contributed by atoms with Gasteiger partial charge < -0.3 is 15.5 Å². The number of nitrogens with zero attached hydrogens (tertiary/aromatic N) is 3. The number of anilines is 1. The minimum atomic E-state index is 0.141. The summed E-state index contributed by atoms with van der Waals surface area (Å²) in [5, 5.41) is 0. The molecule has 0 radical (unpaired) electrons. The van der Waals surface area contributed by atoms with Crippen molar-refractivity contribution in [1.82, 2.24) is 19.9 Å². The molecule has 0 aliphatic rings. The quantitative estimate of drug-likeness (QED) is 0.776. The van der Waals surface area contributed by atoms with E-state index in [1.54, 1.807) is 6.33 Å². The predicted molar refractivity (Wildman–Crippen MR) is 85.6 cm³/mol. The Morgan fingerprint density at radius 1 is 1.14 bits per heavy atom. The largest absolute Gasteiger partial charge is 0.471 e. The summed E-state index contributed by atoms with van der Waals surface area (Å²) in [6.07, 6.45) is 1.55. The molecule has 0 spiro atoms. The monoisotopic (exact) mass is 297 g/mol. The summed E-state index contributed by atoms with van der Waals surface area (Å²) < 4.78 is 5.76. The second-order valence-electron chi connectivity index (χ2n) is 6.22. The maximum atomic E-state index is 5.76. The van der Waals surface area contributed by atoms with Crippen LogP contribution in [0.3, 0.4) is 0 Å². The molecule has 6 nitrogen and oxygen atoms in total. The molecule has 2 heterocycles. The molecular weight excluding hydrogens is 278 g/mol. The van der Waals surface area contributed by atoms with E-state index in [0.717, 1.165) is 5.56 Å². The minimum absolute atomic E-state index is 0.141. The van der Waals surface area contributed by atoms with E-state index in [0.29, 0.717) is 23.7 Å². The molecule has 22 heavy (non-hydrogen) atoms. The number of aromatic amines is 1. The number of hydrogen-bond donors (Lipinski definition) is 2. The van der Waals surface area contributed by atoms with Crippen LogP contribution in [0.1, 0.15) is 31.9 Å². The van der Waals surface area contributed by atoms with Crippen molar-refractivity contribution in [2.24, 2.45) is 0 Å². The first-order chi connectivity index (χ1) is 10.4. The summed E-state index contributed by atoms with van der Waals surface area (Å²) in [6, 6.07) is 8.37. The van der Waals surface area contributed by atoms with Gasteiger partial charge in [0.1, 0.15) is 6.61 Å². The Labute approximate surface area is 128 Å². The Balaban J connectivity index is 1.78. The van der Waals surface area contributed by atoms with Crippen LogP contribution in [0.25, 0.3) is 11.2 Å². The van der Waals surface area contributed by atoms with E-state index in [4.69, 9.17) is 10.5 Å². The first-order valence-corrected chi connectivity index (χ1v) is 7.12. The summed E-state index contributed by atoms with van der Waals surface area (Å²) >= 11 is 0. The van der Waals surface area contributed by atoms with Crippen LogP contribution in [-0.4, -0.2) is 19.9 Å². The average Bonchev–Trinajstić information content (AvgIpc) is 2.92. The van der Waals surface area contributed by atoms with Gasteiger partial charge in [0.25, 0.3) is 0 Å². The number of fused-ring (bicyclic) bond motifs is 1. The molecular formula is C16H19N5O. The molecule has 3 N–H and O–H groups in total. The molecule has 114 valence electrons. The lowest BCUT2D eigenvalue weighted by molar-refractivity contribution is 0.297. The summed E-state index contributed by atoms with van der Waals surface area (Å²) in [5.74, 6) is 0.554. The molecule has 0 fully saturated rings. The molecule has 0 aliphatic heterocycles. The summed E-state index contributed by atoms with van der Waals surface area (Å²) in [4.78, 5) is 15.2. The van der Waals surface area contributed by atoms with Gasteiger partial charge in [-0.15, -0.1) is 0 Å². The molecule has 0 unspecified atom stereocenters. The number of aromatic nitrogens is 4. The number of benzene rings is 1. The van der Waals surface area contributed by atoms with E-state index < -0.39 is 0 Å². The van der Waals surface area contributed by atoms with Gasteiger partial charge in [-0.25, -0.2) is 4.98 Å². The molecule has 0 bridgehead atoms. The van der Waals surface area contributed by atoms with E-state index in [-0.39, 0.29) is 11.4 Å². The van der Waals surface area contributed by atoms with Gasteiger partial charge in [-0.3, -0.25) is 0 Å². The Bertz CT molecular complexity index is 786. The maximum Gasteiger partial charge on any atom is 0.247 e. The van der Waals surface area contributed by atoms with Gasteiger partial charge in [0.15, 0.2) is 11.2 Å². The van der Waals surface area contributed by atoms with Crippen LogP contribution in [0.2, 0.25) is 0 Å². The number of nitrogen functional groups attached to an aromatic ring is 1. The zero-order chi connectivity index (χ0) is 15.7. The van der Waals surface area contributed by atoms with Crippen LogP contribution in [0.15, 0.2) is 30.6 Å². The van der Waals surface area contributed by atoms with Crippen molar-refractivity contribution in [1.29, 1.82) is 0 Å². The third kappa shape index (κ3) is 2.86. The summed E-state index contributed by atoms with van der Waals surface area (Å²) in [7, 11) is 0. The zero-order valence-electron chi connectivity index (χ0n) is 12.9. The highest BCUT2D eigenvalue weighted by Gasteiger charge is 2.13. The van der Waals surface area contributed by atoms with Crippen LogP contribution in [-0.2, 0) is 12.0 Å². The topological polar surface area (TPSA) is 89.7 Å². The van der Waals surface area contributed by atoms with Crippen molar-refractivity contribution >= 4 is 17.1 Å². The van der Waals surface area contributed by atoms with Gasteiger partial charge in [0.2, 0.25) is 11.8 Å². The summed E-state index contributed by atoms with van der Waals surface area (Å²) in [5.41, 5.74) is 9.32. The second kappa shape index (κ2) is 5.29. The Morgan fingerprint density at radius 3 is 2.55 bits per heavy atom. The lowest BCUT2D eigenvalue weighted by Crippen LogP contribution is -2.11. The molecule has 0 aliphatic carbocycles. The number of nitrogens with one attached hydrogen (secondary N) is 1. The number of rotatable bonds is 3. The van der Waals surface area contributed by atoms with Gasteiger partial charge in [-0.1, -0.05) is 45.0 Å². The number of imidazole rings is 1. The van der Waals surface area contributed by atoms with E-state index in [9.17, 15) is 0 Å². The molecule has 2 aromatic heterocycles. The number of hydrogen-bond acceptors (Lipinski definition) is 5. The highest BCUT2D eigenvalue weighted by atomic mass is 16.5. The van der Waals surface area contributed by atoms with Crippen molar-refractivity contribution in [2.45, 2.75) is 32.8 Å². The highest BCUT2D eigenvalue weighted by Crippen LogP contribution is 2.23. The van der Waals surface area contributed by atoms with Crippen LogP contribution < -0.4 is 10.5 Å². The van der Waals surface area contributed by atoms with Gasteiger partial charge in [-0.05, 0) is 16.5 Å². The van der Waals surface area contributed by atoms with Crippen molar-refractivity contribution in [2.75, 3.05) is 5.73 Å². The fourth-order valence-electron chi connectivity index (χ4n) is 2.18. The lowest BCUT2D eigenvalue weighted by Gasteiger charge is -2.19. The Morgan fingerprint density at radius 2 is 1.86 bits per heavy atom. The van der Waals surface area contributed by atoms with Crippen molar-refractivity contribution in [3.05, 3.63) is 41.7 Å². The van der Waals surface area contributed by atoms with E-state index >= 15 is 0 Å². The molecule has 0 amide bonds. The Kier molecular flexibility index (Phi) is 3.44. The standard InChI is InChI=1S/C16H19N5O/c1-16(2,3)11-6-4-10(5-7-11)8-22-14-12-13(19-9-18-12)20-15(17)21-14/h4-7,9H,8H2,1-3H3,(H3,17,18,19,20,21). The van der Waals surface area contributed by atoms with Crippen LogP contribution in [0.5, 0.6) is 5.88 Å². The molecule has 1 aromatic carbocycles. The third-order valence-electron chi connectivity index (χ3n) is 3.46. The van der Waals surface area contributed by atoms with Crippen LogP contribution in [0.4, 0.5) is 5.95 Å². The summed E-state index contributed by atoms with van der Waals surface area (Å²) in [6.45, 7) is 6.98. The van der Waals surface area contributed by atoms with Crippen molar-refractivity contribution in [3.8, 4) is 5.88 Å². The Hall–Kier alpha value is -2.63. The first kappa shape index (κ1) is 14.3. The third-order valence-corrected chi connectivity index (χ3v) is 3.46. The molecule has 0 saturated heterocycles. The second-order valence-corrected chi connectivity index (χ2v) is 6.22. The minimum Gasteiger partial charge on any atom is -0.471 e. The fourth-order valence-corrected chi connectivity index (χ4v) is 2.18. The van der Waals surface area contributed by atoms with Gasteiger partial charge in [0, 0.05) is 0 Å². The molecule has 3 aromatic rings. The number of nitrogens with two attached hydrogens (primary N) is 1. The fraction of sp³-hybridized carbons (Fsp3) is 0.312. The SMILES string of the molecule is CC(C)(C)c1ccc(COc2nc(N)nc3[nH]cnc23)cc1. The normalized spacial score (nSPS) is 11.8. The van der Waals surface area contributed by atoms with E-state index in [2.05, 4.69) is 65.0 Å². The predicted octanol–water partition coefficient (Wildman–Crippen LogP) is 2.81. The highest BCUT2D eigenvalue weighted by molar-refractivity contribution is 5.76. The lowest BCUT2D eigenvalue weighted by atomic mass is 9.87. The number of ether oxygens (including phenoxy) is 1. The maximum absolute atomic E-state index is 5.76. The van der Waals surface area contributed by atoms with Gasteiger partial charge in [0.05, 0.1) is 6.33 Å². The van der Waals surface area contributed by atoms with Crippen LogP contribution in [0, 0.1) is 0 Å². The van der Waals surface area contributed by atoms with Crippen LogP contribution >= 0.6 is 0 Å². The first-order valence-electron chi connectivity index (χ1n) is 7.12. The molecule has 0 atom stereocenters. The zero-order valence-corrected chi connectivity index (χ0v) is 12.9. The van der Waals surface area contributed by atoms with Crippen molar-refractivity contribution in [3.63, 3.8) is 0 Å². The molecule has 6 heteroatoms. The number of H-pyrrole nitrogens is 1. The van der Waals surface area contributed by atoms with E-state index in [1.165, 1.54) is 5.56 Å². The molecule has 3 rings (SSSR count). The smallest absolute Gasteiger partial charge is 0.247 e.